The predicted octanol–water partition coefficient (Wildman–Crippen LogP) is 3.53. The number of urea groups is 1. The Morgan fingerprint density at radius 3 is 2.67 bits per heavy atom. The molecule has 2 unspecified atom stereocenters. The van der Waals surface area contributed by atoms with Crippen LogP contribution in [0.4, 0.5) is 9.18 Å². The monoisotopic (exact) mass is 480 g/mol. The molecule has 140 valence electrons. The van der Waals surface area contributed by atoms with Gasteiger partial charge in [-0.05, 0) is 71.3 Å². The van der Waals surface area contributed by atoms with Gasteiger partial charge >= 0.3 is 11.7 Å². The average Bonchev–Trinajstić information content (AvgIpc) is 2.96. The van der Waals surface area contributed by atoms with Crippen molar-refractivity contribution in [2.24, 2.45) is 5.73 Å². The molecule has 2 aromatic carbocycles. The quantitative estimate of drug-likeness (QED) is 0.551. The molecule has 0 saturated carbocycles. The van der Waals surface area contributed by atoms with Gasteiger partial charge in [-0.15, -0.1) is 0 Å². The van der Waals surface area contributed by atoms with E-state index in [1.54, 1.807) is 15.5 Å². The summed E-state index contributed by atoms with van der Waals surface area (Å²) in [4.78, 5) is 28.8. The zero-order valence-corrected chi connectivity index (χ0v) is 16.5. The second kappa shape index (κ2) is 6.99. The maximum atomic E-state index is 13.5. The van der Waals surface area contributed by atoms with Crippen LogP contribution in [-0.4, -0.2) is 27.0 Å². The molecule has 2 amide bonds. The summed E-state index contributed by atoms with van der Waals surface area (Å²) in [7, 11) is 0. The maximum Gasteiger partial charge on any atom is 0.326 e. The fraction of sp³-hybridized carbons (Fsp3) is 0.263. The number of aromatic amines is 1. The highest BCUT2D eigenvalue weighted by molar-refractivity contribution is 14.1. The molecule has 1 aliphatic heterocycles. The third-order valence-electron chi connectivity index (χ3n) is 5.16. The number of nitrogens with zero attached hydrogens (tertiary/aromatic N) is 2. The first-order valence-electron chi connectivity index (χ1n) is 8.65. The van der Waals surface area contributed by atoms with Crippen LogP contribution >= 0.6 is 22.6 Å². The first-order valence-corrected chi connectivity index (χ1v) is 9.73. The Morgan fingerprint density at radius 1 is 1.22 bits per heavy atom. The number of H-pyrrole nitrogens is 1. The molecule has 3 N–H and O–H groups in total. The Morgan fingerprint density at radius 2 is 1.96 bits per heavy atom. The number of rotatable bonds is 2. The fourth-order valence-corrected chi connectivity index (χ4v) is 4.27. The van der Waals surface area contributed by atoms with Crippen molar-refractivity contribution in [1.82, 2.24) is 14.5 Å². The number of primary amides is 1. The molecule has 6 nitrogen and oxygen atoms in total. The number of likely N-dealkylation sites (tertiary alicyclic amines) is 1. The van der Waals surface area contributed by atoms with Gasteiger partial charge in [0.2, 0.25) is 0 Å². The second-order valence-electron chi connectivity index (χ2n) is 6.74. The van der Waals surface area contributed by atoms with Crippen molar-refractivity contribution in [1.29, 1.82) is 0 Å². The van der Waals surface area contributed by atoms with Gasteiger partial charge in [0.15, 0.2) is 0 Å². The predicted molar refractivity (Wildman–Crippen MR) is 109 cm³/mol. The molecule has 1 saturated heterocycles. The molecule has 0 radical (unpaired) electrons. The van der Waals surface area contributed by atoms with Gasteiger partial charge in [0.05, 0.1) is 17.1 Å². The van der Waals surface area contributed by atoms with Crippen molar-refractivity contribution < 1.29 is 9.18 Å². The highest BCUT2D eigenvalue weighted by Crippen LogP contribution is 2.37. The van der Waals surface area contributed by atoms with E-state index in [0.29, 0.717) is 30.4 Å². The molecule has 0 bridgehead atoms. The number of carbonyl (C=O) groups excluding carboxylic acids is 1. The normalized spacial score (nSPS) is 20.1. The molecule has 8 heteroatoms. The van der Waals surface area contributed by atoms with Crippen LogP contribution in [0.15, 0.2) is 47.3 Å². The Bertz CT molecular complexity index is 1060. The zero-order chi connectivity index (χ0) is 19.1. The average molecular weight is 480 g/mol. The van der Waals surface area contributed by atoms with Crippen molar-refractivity contribution in [3.63, 3.8) is 0 Å². The van der Waals surface area contributed by atoms with E-state index in [9.17, 15) is 14.0 Å². The Labute approximate surface area is 168 Å². The van der Waals surface area contributed by atoms with Crippen molar-refractivity contribution >= 4 is 39.7 Å². The number of fused-ring (bicyclic) bond motifs is 1. The summed E-state index contributed by atoms with van der Waals surface area (Å²) >= 11 is 2.23. The van der Waals surface area contributed by atoms with E-state index in [1.807, 2.05) is 24.3 Å². The molecule has 3 aromatic rings. The van der Waals surface area contributed by atoms with Crippen LogP contribution in [0.5, 0.6) is 0 Å². The third-order valence-corrected chi connectivity index (χ3v) is 5.88. The summed E-state index contributed by atoms with van der Waals surface area (Å²) in [5.74, 6) is -0.392. The summed E-state index contributed by atoms with van der Waals surface area (Å²) in [5.41, 5.74) is 7.45. The molecule has 0 spiro atoms. The lowest BCUT2D eigenvalue weighted by molar-refractivity contribution is 0.136. The van der Waals surface area contributed by atoms with Crippen molar-refractivity contribution in [3.05, 3.63) is 67.9 Å². The Kier molecular flexibility index (Phi) is 4.67. The minimum atomic E-state index is -0.467. The number of carbonyl (C=O) groups is 1. The number of amides is 2. The lowest BCUT2D eigenvalue weighted by Crippen LogP contribution is -2.45. The van der Waals surface area contributed by atoms with E-state index in [4.69, 9.17) is 5.73 Å². The summed E-state index contributed by atoms with van der Waals surface area (Å²) in [6.07, 6.45) is 1.17. The summed E-state index contributed by atoms with van der Waals surface area (Å²) in [6, 6.07) is 11.4. The number of nitrogens with one attached hydrogen (secondary N) is 1. The zero-order valence-electron chi connectivity index (χ0n) is 14.4. The maximum absolute atomic E-state index is 13.5. The van der Waals surface area contributed by atoms with Crippen LogP contribution < -0.4 is 11.4 Å². The SMILES string of the molecule is NC(=O)N1CCC(n2c(=O)[nH]c3cc(F)ccc32)CC1c1ccc(I)cc1. The van der Waals surface area contributed by atoms with Crippen LogP contribution in [0.2, 0.25) is 0 Å². The summed E-state index contributed by atoms with van der Waals surface area (Å²) < 4.78 is 16.3. The minimum Gasteiger partial charge on any atom is -0.351 e. The number of nitrogens with two attached hydrogens (primary N) is 1. The van der Waals surface area contributed by atoms with Crippen LogP contribution in [0.1, 0.15) is 30.5 Å². The van der Waals surface area contributed by atoms with Gasteiger partial charge in [0, 0.05) is 16.2 Å². The van der Waals surface area contributed by atoms with Gasteiger partial charge in [-0.2, -0.15) is 0 Å². The first kappa shape index (κ1) is 18.0. The van der Waals surface area contributed by atoms with Crippen LogP contribution in [-0.2, 0) is 0 Å². The van der Waals surface area contributed by atoms with E-state index in [-0.39, 0.29) is 17.8 Å². The fourth-order valence-electron chi connectivity index (χ4n) is 3.91. The van der Waals surface area contributed by atoms with Gasteiger partial charge < -0.3 is 15.6 Å². The highest BCUT2D eigenvalue weighted by Gasteiger charge is 2.33. The van der Waals surface area contributed by atoms with Gasteiger partial charge in [-0.3, -0.25) is 4.57 Å². The molecular weight excluding hydrogens is 462 g/mol. The largest absolute Gasteiger partial charge is 0.351 e. The van der Waals surface area contributed by atoms with Crippen LogP contribution in [0.3, 0.4) is 0 Å². The molecule has 1 fully saturated rings. The molecule has 1 aliphatic rings. The molecular formula is C19H18FIN4O2. The van der Waals surface area contributed by atoms with Gasteiger partial charge in [0.25, 0.3) is 0 Å². The van der Waals surface area contributed by atoms with Crippen LogP contribution in [0.25, 0.3) is 11.0 Å². The number of aromatic nitrogens is 2. The van der Waals surface area contributed by atoms with Gasteiger partial charge in [-0.1, -0.05) is 12.1 Å². The molecule has 2 atom stereocenters. The number of halogens is 2. The number of piperidine rings is 1. The lowest BCUT2D eigenvalue weighted by Gasteiger charge is -2.39. The van der Waals surface area contributed by atoms with Crippen molar-refractivity contribution in [3.8, 4) is 0 Å². The number of hydrogen-bond donors (Lipinski definition) is 2. The summed E-state index contributed by atoms with van der Waals surface area (Å²) in [5, 5.41) is 0. The number of imidazole rings is 1. The van der Waals surface area contributed by atoms with E-state index in [1.165, 1.54) is 12.1 Å². The second-order valence-corrected chi connectivity index (χ2v) is 7.98. The molecule has 2 heterocycles. The van der Waals surface area contributed by atoms with Crippen LogP contribution in [0, 0.1) is 9.39 Å². The molecule has 0 aliphatic carbocycles. The highest BCUT2D eigenvalue weighted by atomic mass is 127. The van der Waals surface area contributed by atoms with Gasteiger partial charge in [-0.25, -0.2) is 14.0 Å². The van der Waals surface area contributed by atoms with E-state index in [0.717, 1.165) is 9.13 Å². The van der Waals surface area contributed by atoms with E-state index < -0.39 is 11.8 Å². The van der Waals surface area contributed by atoms with Crippen molar-refractivity contribution in [2.45, 2.75) is 24.9 Å². The molecule has 1 aromatic heterocycles. The smallest absolute Gasteiger partial charge is 0.326 e. The Hall–Kier alpha value is -2.36. The number of hydrogen-bond acceptors (Lipinski definition) is 2. The lowest BCUT2D eigenvalue weighted by atomic mass is 9.91. The molecule has 27 heavy (non-hydrogen) atoms. The van der Waals surface area contributed by atoms with E-state index in [2.05, 4.69) is 27.6 Å². The van der Waals surface area contributed by atoms with Gasteiger partial charge in [0.1, 0.15) is 5.82 Å². The Balaban J connectivity index is 1.74. The summed E-state index contributed by atoms with van der Waals surface area (Å²) in [6.45, 7) is 0.455. The standard InChI is InChI=1S/C19H18FIN4O2/c20-12-3-6-16-15(9-12)23-19(27)25(16)14-7-8-24(18(22)26)17(10-14)11-1-4-13(21)5-2-11/h1-6,9,14,17H,7-8,10H2,(H2,22,26)(H,23,27). The first-order chi connectivity index (χ1) is 12.9. The third kappa shape index (κ3) is 3.33. The number of benzene rings is 2. The topological polar surface area (TPSA) is 84.1 Å². The van der Waals surface area contributed by atoms with Crippen molar-refractivity contribution in [2.75, 3.05) is 6.54 Å². The van der Waals surface area contributed by atoms with E-state index >= 15 is 0 Å². The molecule has 4 rings (SSSR count). The minimum absolute atomic E-state index is 0.114.